The zero-order chi connectivity index (χ0) is 15.3. The van der Waals surface area contributed by atoms with Crippen LogP contribution in [0.25, 0.3) is 0 Å². The van der Waals surface area contributed by atoms with Gasteiger partial charge in [-0.1, -0.05) is 20.8 Å². The van der Waals surface area contributed by atoms with Crippen molar-refractivity contribution in [3.05, 3.63) is 11.9 Å². The molecular formula is C14H26N4OS. The lowest BCUT2D eigenvalue weighted by Crippen LogP contribution is -2.25. The predicted octanol–water partition coefficient (Wildman–Crippen LogP) is 2.38. The SMILES string of the molecule is CCNc1cc(NC(C)CS(C)=O)nc(C(C)(C)C)n1. The molecule has 0 radical (unpaired) electrons. The summed E-state index contributed by atoms with van der Waals surface area (Å²) >= 11 is 0. The fourth-order valence-corrected chi connectivity index (χ4v) is 2.56. The highest BCUT2D eigenvalue weighted by Gasteiger charge is 2.19. The molecule has 6 heteroatoms. The van der Waals surface area contributed by atoms with E-state index in [1.165, 1.54) is 0 Å². The second kappa shape index (κ2) is 7.02. The highest BCUT2D eigenvalue weighted by atomic mass is 32.2. The Hall–Kier alpha value is -1.17. The minimum Gasteiger partial charge on any atom is -0.370 e. The molecule has 0 saturated heterocycles. The first-order valence-corrected chi connectivity index (χ1v) is 8.65. The third kappa shape index (κ3) is 5.45. The first-order valence-electron chi connectivity index (χ1n) is 6.92. The van der Waals surface area contributed by atoms with Crippen LogP contribution >= 0.6 is 0 Å². The largest absolute Gasteiger partial charge is 0.370 e. The molecule has 1 aromatic rings. The molecule has 0 aliphatic carbocycles. The molecule has 2 atom stereocenters. The minimum absolute atomic E-state index is 0.109. The molecule has 0 saturated carbocycles. The lowest BCUT2D eigenvalue weighted by Gasteiger charge is -2.20. The van der Waals surface area contributed by atoms with Crippen LogP contribution in [0.3, 0.4) is 0 Å². The first-order chi connectivity index (χ1) is 9.22. The summed E-state index contributed by atoms with van der Waals surface area (Å²) in [4.78, 5) is 9.11. The van der Waals surface area contributed by atoms with E-state index in [-0.39, 0.29) is 11.5 Å². The van der Waals surface area contributed by atoms with E-state index in [9.17, 15) is 4.21 Å². The summed E-state index contributed by atoms with van der Waals surface area (Å²) in [5.41, 5.74) is -0.112. The summed E-state index contributed by atoms with van der Waals surface area (Å²) in [6.45, 7) is 11.1. The van der Waals surface area contributed by atoms with Gasteiger partial charge in [0.2, 0.25) is 0 Å². The summed E-state index contributed by atoms with van der Waals surface area (Å²) in [6, 6.07) is 2.01. The van der Waals surface area contributed by atoms with Crippen LogP contribution in [0.15, 0.2) is 6.07 Å². The van der Waals surface area contributed by atoms with Gasteiger partial charge in [-0.15, -0.1) is 0 Å². The normalized spacial score (nSPS) is 14.7. The van der Waals surface area contributed by atoms with Gasteiger partial charge in [0.1, 0.15) is 17.5 Å². The first kappa shape index (κ1) is 16.9. The van der Waals surface area contributed by atoms with Crippen LogP contribution in [0.4, 0.5) is 11.6 Å². The Kier molecular flexibility index (Phi) is 5.92. The van der Waals surface area contributed by atoms with Crippen molar-refractivity contribution in [1.82, 2.24) is 9.97 Å². The molecule has 0 aromatic carbocycles. The lowest BCUT2D eigenvalue weighted by atomic mass is 9.96. The third-order valence-electron chi connectivity index (χ3n) is 2.63. The molecule has 2 unspecified atom stereocenters. The number of hydrogen-bond donors (Lipinski definition) is 2. The van der Waals surface area contributed by atoms with Crippen molar-refractivity contribution in [2.45, 2.75) is 46.1 Å². The predicted molar refractivity (Wildman–Crippen MR) is 86.9 cm³/mol. The molecule has 0 spiro atoms. The molecule has 1 heterocycles. The number of anilines is 2. The van der Waals surface area contributed by atoms with Crippen molar-refractivity contribution in [2.75, 3.05) is 29.2 Å². The van der Waals surface area contributed by atoms with E-state index in [0.717, 1.165) is 24.0 Å². The van der Waals surface area contributed by atoms with Crippen molar-refractivity contribution < 1.29 is 4.21 Å². The molecule has 1 rings (SSSR count). The van der Waals surface area contributed by atoms with Crippen LogP contribution in [0.2, 0.25) is 0 Å². The van der Waals surface area contributed by atoms with Crippen LogP contribution in [0.1, 0.15) is 40.4 Å². The van der Waals surface area contributed by atoms with Gasteiger partial charge in [0.05, 0.1) is 0 Å². The second-order valence-electron chi connectivity index (χ2n) is 6.03. The van der Waals surface area contributed by atoms with Gasteiger partial charge in [-0.05, 0) is 13.8 Å². The smallest absolute Gasteiger partial charge is 0.138 e. The van der Waals surface area contributed by atoms with E-state index in [0.29, 0.717) is 5.75 Å². The van der Waals surface area contributed by atoms with E-state index in [4.69, 9.17) is 0 Å². The van der Waals surface area contributed by atoms with Gasteiger partial charge in [-0.2, -0.15) is 0 Å². The van der Waals surface area contributed by atoms with E-state index in [2.05, 4.69) is 41.4 Å². The average molecular weight is 298 g/mol. The Balaban J connectivity index is 2.99. The van der Waals surface area contributed by atoms with Gasteiger partial charge < -0.3 is 10.6 Å². The summed E-state index contributed by atoms with van der Waals surface area (Å²) < 4.78 is 11.3. The molecular weight excluding hydrogens is 272 g/mol. The van der Waals surface area contributed by atoms with E-state index >= 15 is 0 Å². The maximum absolute atomic E-state index is 11.3. The summed E-state index contributed by atoms with van der Waals surface area (Å²) in [6.07, 6.45) is 1.71. The van der Waals surface area contributed by atoms with Gasteiger partial charge in [-0.25, -0.2) is 9.97 Å². The summed E-state index contributed by atoms with van der Waals surface area (Å²) in [5, 5.41) is 6.52. The maximum atomic E-state index is 11.3. The van der Waals surface area contributed by atoms with E-state index < -0.39 is 10.8 Å². The lowest BCUT2D eigenvalue weighted by molar-refractivity contribution is 0.546. The quantitative estimate of drug-likeness (QED) is 0.844. The van der Waals surface area contributed by atoms with Gasteiger partial charge in [0, 0.05) is 46.9 Å². The minimum atomic E-state index is -0.822. The summed E-state index contributed by atoms with van der Waals surface area (Å²) in [7, 11) is -0.822. The Morgan fingerprint density at radius 3 is 2.40 bits per heavy atom. The van der Waals surface area contributed by atoms with Gasteiger partial charge >= 0.3 is 0 Å². The van der Waals surface area contributed by atoms with Crippen LogP contribution in [0, 0.1) is 0 Å². The summed E-state index contributed by atoms with van der Waals surface area (Å²) in [5.74, 6) is 2.99. The monoisotopic (exact) mass is 298 g/mol. The van der Waals surface area contributed by atoms with Crippen molar-refractivity contribution in [2.24, 2.45) is 0 Å². The van der Waals surface area contributed by atoms with Crippen molar-refractivity contribution in [1.29, 1.82) is 0 Å². The maximum Gasteiger partial charge on any atom is 0.138 e. The fraction of sp³-hybridized carbons (Fsp3) is 0.714. The topological polar surface area (TPSA) is 66.9 Å². The number of nitrogens with one attached hydrogen (secondary N) is 2. The number of aromatic nitrogens is 2. The molecule has 0 fully saturated rings. The highest BCUT2D eigenvalue weighted by Crippen LogP contribution is 2.22. The highest BCUT2D eigenvalue weighted by molar-refractivity contribution is 7.84. The van der Waals surface area contributed by atoms with Gasteiger partial charge in [0.15, 0.2) is 0 Å². The Labute approximate surface area is 124 Å². The zero-order valence-electron chi connectivity index (χ0n) is 13.3. The standard InChI is InChI=1S/C14H26N4OS/c1-7-15-11-8-12(16-10(2)9-20(6)19)18-13(17-11)14(3,4)5/h8,10H,7,9H2,1-6H3,(H2,15,16,17,18). The average Bonchev–Trinajstić information content (AvgIpc) is 2.26. The van der Waals surface area contributed by atoms with Crippen LogP contribution in [-0.4, -0.2) is 38.8 Å². The molecule has 20 heavy (non-hydrogen) atoms. The molecule has 0 amide bonds. The van der Waals surface area contributed by atoms with E-state index in [1.807, 2.05) is 19.9 Å². The fourth-order valence-electron chi connectivity index (χ4n) is 1.77. The van der Waals surface area contributed by atoms with Gasteiger partial charge in [-0.3, -0.25) is 4.21 Å². The number of hydrogen-bond acceptors (Lipinski definition) is 5. The van der Waals surface area contributed by atoms with Crippen LogP contribution in [0.5, 0.6) is 0 Å². The Morgan fingerprint density at radius 2 is 1.90 bits per heavy atom. The second-order valence-corrected chi connectivity index (χ2v) is 7.51. The molecule has 0 aliphatic heterocycles. The van der Waals surface area contributed by atoms with Crippen LogP contribution < -0.4 is 10.6 Å². The number of nitrogens with zero attached hydrogens (tertiary/aromatic N) is 2. The molecule has 0 bridgehead atoms. The van der Waals surface area contributed by atoms with Crippen molar-refractivity contribution in [3.8, 4) is 0 Å². The molecule has 114 valence electrons. The Bertz CT molecular complexity index is 471. The van der Waals surface area contributed by atoms with Crippen molar-refractivity contribution in [3.63, 3.8) is 0 Å². The molecule has 2 N–H and O–H groups in total. The zero-order valence-corrected chi connectivity index (χ0v) is 14.1. The Morgan fingerprint density at radius 1 is 1.30 bits per heavy atom. The van der Waals surface area contributed by atoms with Gasteiger partial charge in [0.25, 0.3) is 0 Å². The molecule has 5 nitrogen and oxygen atoms in total. The third-order valence-corrected chi connectivity index (χ3v) is 3.60. The molecule has 0 aliphatic rings. The van der Waals surface area contributed by atoms with Crippen molar-refractivity contribution >= 4 is 22.4 Å². The van der Waals surface area contributed by atoms with Crippen LogP contribution in [-0.2, 0) is 16.2 Å². The number of rotatable bonds is 6. The molecule has 1 aromatic heterocycles. The van der Waals surface area contributed by atoms with E-state index in [1.54, 1.807) is 6.26 Å².